The largest absolute Gasteiger partial charge is 0.417 e. The van der Waals surface area contributed by atoms with Gasteiger partial charge in [0.15, 0.2) is 12.1 Å². The number of nitrogens with zero attached hydrogens (tertiary/aromatic N) is 1. The first-order valence-electron chi connectivity index (χ1n) is 4.55. The monoisotopic (exact) mass is 275 g/mol. The zero-order valence-corrected chi connectivity index (χ0v) is 9.47. The topological polar surface area (TPSA) is 57.9 Å². The van der Waals surface area contributed by atoms with Crippen LogP contribution in [-0.2, 0) is 6.18 Å². The minimum atomic E-state index is -4.77. The van der Waals surface area contributed by atoms with Gasteiger partial charge in [-0.1, -0.05) is 0 Å². The Balaban J connectivity index is 3.63. The van der Waals surface area contributed by atoms with Gasteiger partial charge in [0.25, 0.3) is 0 Å². The predicted octanol–water partition coefficient (Wildman–Crippen LogP) is 2.81. The van der Waals surface area contributed by atoms with Crippen molar-refractivity contribution in [2.45, 2.75) is 6.18 Å². The smallest absolute Gasteiger partial charge is 0.298 e. The van der Waals surface area contributed by atoms with Crippen molar-refractivity contribution in [2.75, 3.05) is 5.88 Å². The van der Waals surface area contributed by atoms with E-state index >= 15 is 0 Å². The molecule has 7 heteroatoms. The Morgan fingerprint density at radius 1 is 1.44 bits per heavy atom. The first kappa shape index (κ1) is 14.2. The van der Waals surface area contributed by atoms with Crippen molar-refractivity contribution in [3.8, 4) is 6.07 Å². The van der Waals surface area contributed by atoms with Crippen LogP contribution in [0.1, 0.15) is 31.8 Å². The molecule has 0 spiro atoms. The number of rotatable bonds is 3. The van der Waals surface area contributed by atoms with E-state index in [4.69, 9.17) is 16.9 Å². The van der Waals surface area contributed by atoms with Crippen LogP contribution in [-0.4, -0.2) is 17.9 Å². The molecule has 94 valence electrons. The first-order chi connectivity index (χ1) is 8.36. The number of Topliss-reactive ketones (excluding diaryl/α,β-unsaturated/α-hetero) is 1. The molecule has 18 heavy (non-hydrogen) atoms. The highest BCUT2D eigenvalue weighted by Crippen LogP contribution is 2.33. The number of ketones is 1. The summed E-state index contributed by atoms with van der Waals surface area (Å²) in [6.45, 7) is 0. The molecule has 1 aromatic carbocycles. The van der Waals surface area contributed by atoms with Gasteiger partial charge >= 0.3 is 6.18 Å². The highest BCUT2D eigenvalue weighted by atomic mass is 35.5. The molecule has 0 aliphatic heterocycles. The maximum Gasteiger partial charge on any atom is 0.417 e. The third-order valence-corrected chi connectivity index (χ3v) is 2.45. The van der Waals surface area contributed by atoms with Crippen LogP contribution in [0.5, 0.6) is 0 Å². The van der Waals surface area contributed by atoms with Crippen molar-refractivity contribution >= 4 is 23.7 Å². The average Bonchev–Trinajstić information content (AvgIpc) is 2.34. The number of hydrogen-bond acceptors (Lipinski definition) is 3. The normalized spacial score (nSPS) is 10.8. The summed E-state index contributed by atoms with van der Waals surface area (Å²) in [5.41, 5.74) is -2.99. The molecule has 0 saturated heterocycles. The third kappa shape index (κ3) is 2.51. The summed E-state index contributed by atoms with van der Waals surface area (Å²) in [6, 6.07) is 2.87. The second-order valence-electron chi connectivity index (χ2n) is 3.23. The van der Waals surface area contributed by atoms with Crippen molar-refractivity contribution in [3.63, 3.8) is 0 Å². The minimum absolute atomic E-state index is 0.0909. The highest BCUT2D eigenvalue weighted by Gasteiger charge is 2.35. The fourth-order valence-electron chi connectivity index (χ4n) is 1.41. The van der Waals surface area contributed by atoms with E-state index in [9.17, 15) is 22.8 Å². The fraction of sp³-hybridized carbons (Fsp3) is 0.182. The molecule has 0 bridgehead atoms. The van der Waals surface area contributed by atoms with Crippen molar-refractivity contribution in [1.29, 1.82) is 5.26 Å². The second kappa shape index (κ2) is 5.19. The fourth-order valence-corrected chi connectivity index (χ4v) is 1.56. The summed E-state index contributed by atoms with van der Waals surface area (Å²) >= 11 is 5.27. The van der Waals surface area contributed by atoms with Crippen LogP contribution in [0.3, 0.4) is 0 Å². The zero-order valence-electron chi connectivity index (χ0n) is 8.71. The summed E-state index contributed by atoms with van der Waals surface area (Å²) in [4.78, 5) is 22.1. The van der Waals surface area contributed by atoms with Crippen LogP contribution in [0.25, 0.3) is 0 Å². The number of hydrogen-bond donors (Lipinski definition) is 0. The molecule has 0 fully saturated rings. The lowest BCUT2D eigenvalue weighted by Gasteiger charge is -2.12. The lowest BCUT2D eigenvalue weighted by Crippen LogP contribution is -2.14. The highest BCUT2D eigenvalue weighted by molar-refractivity contribution is 6.30. The quantitative estimate of drug-likeness (QED) is 0.484. The molecule has 1 aromatic rings. The number of carbonyl (C=O) groups excluding carboxylic acids is 2. The standard InChI is InChI=1S/C11H5ClF3NO2/c12-3-10(18)6-1-2-9(11(13,14)15)8(5-17)7(6)4-16/h1-2,5H,3H2. The lowest BCUT2D eigenvalue weighted by atomic mass is 9.95. The molecule has 0 atom stereocenters. The van der Waals surface area contributed by atoms with Crippen LogP contribution in [0, 0.1) is 11.3 Å². The summed E-state index contributed by atoms with van der Waals surface area (Å²) in [5, 5.41) is 8.79. The van der Waals surface area contributed by atoms with Gasteiger partial charge in [0, 0.05) is 11.1 Å². The molecular formula is C11H5ClF3NO2. The lowest BCUT2D eigenvalue weighted by molar-refractivity contribution is -0.137. The molecule has 0 aliphatic carbocycles. The summed E-state index contributed by atoms with van der Waals surface area (Å²) in [5.74, 6) is -1.21. The van der Waals surface area contributed by atoms with E-state index in [1.54, 1.807) is 0 Å². The van der Waals surface area contributed by atoms with Crippen LogP contribution >= 0.6 is 11.6 Å². The van der Waals surface area contributed by atoms with E-state index in [-0.39, 0.29) is 11.8 Å². The van der Waals surface area contributed by atoms with Crippen molar-refractivity contribution in [2.24, 2.45) is 0 Å². The first-order valence-corrected chi connectivity index (χ1v) is 5.09. The molecule has 0 saturated carbocycles. The van der Waals surface area contributed by atoms with Gasteiger partial charge in [0.05, 0.1) is 17.0 Å². The van der Waals surface area contributed by atoms with E-state index in [0.717, 1.165) is 6.07 Å². The molecule has 1 rings (SSSR count). The van der Waals surface area contributed by atoms with Gasteiger partial charge < -0.3 is 0 Å². The maximum atomic E-state index is 12.6. The Labute approximate surface area is 105 Å². The molecule has 0 aromatic heterocycles. The van der Waals surface area contributed by atoms with Gasteiger partial charge in [-0.25, -0.2) is 0 Å². The van der Waals surface area contributed by atoms with E-state index in [1.807, 2.05) is 0 Å². The molecule has 3 nitrogen and oxygen atoms in total. The summed E-state index contributed by atoms with van der Waals surface area (Å²) in [6.07, 6.45) is -4.86. The average molecular weight is 276 g/mol. The molecule has 0 amide bonds. The van der Waals surface area contributed by atoms with Gasteiger partial charge in [-0.3, -0.25) is 9.59 Å². The molecule has 0 heterocycles. The van der Waals surface area contributed by atoms with Gasteiger partial charge in [-0.05, 0) is 12.1 Å². The van der Waals surface area contributed by atoms with Gasteiger partial charge in [0.1, 0.15) is 6.07 Å². The van der Waals surface area contributed by atoms with Crippen LogP contribution < -0.4 is 0 Å². The second-order valence-corrected chi connectivity index (χ2v) is 3.50. The summed E-state index contributed by atoms with van der Waals surface area (Å²) in [7, 11) is 0. The van der Waals surface area contributed by atoms with Crippen molar-refractivity contribution in [3.05, 3.63) is 34.4 Å². The van der Waals surface area contributed by atoms with Gasteiger partial charge in [0.2, 0.25) is 0 Å². The van der Waals surface area contributed by atoms with Crippen molar-refractivity contribution < 1.29 is 22.8 Å². The Hall–Kier alpha value is -1.87. The van der Waals surface area contributed by atoms with Crippen LogP contribution in [0.2, 0.25) is 0 Å². The third-order valence-electron chi connectivity index (χ3n) is 2.20. The predicted molar refractivity (Wildman–Crippen MR) is 56.6 cm³/mol. The van der Waals surface area contributed by atoms with E-state index < -0.39 is 34.5 Å². The minimum Gasteiger partial charge on any atom is -0.298 e. The molecular weight excluding hydrogens is 271 g/mol. The van der Waals surface area contributed by atoms with E-state index in [2.05, 4.69) is 0 Å². The number of nitriles is 1. The molecule has 0 radical (unpaired) electrons. The maximum absolute atomic E-state index is 12.6. The van der Waals surface area contributed by atoms with Crippen molar-refractivity contribution in [1.82, 2.24) is 0 Å². The number of carbonyl (C=O) groups is 2. The van der Waals surface area contributed by atoms with Gasteiger partial charge in [-0.2, -0.15) is 18.4 Å². The number of alkyl halides is 4. The van der Waals surface area contributed by atoms with E-state index in [1.165, 1.54) is 6.07 Å². The van der Waals surface area contributed by atoms with Crippen LogP contribution in [0.4, 0.5) is 13.2 Å². The number of aldehydes is 1. The van der Waals surface area contributed by atoms with Gasteiger partial charge in [-0.15, -0.1) is 11.6 Å². The SMILES string of the molecule is N#Cc1c(C(=O)CCl)ccc(C(F)(F)F)c1C=O. The molecule has 0 aliphatic rings. The Morgan fingerprint density at radius 2 is 2.06 bits per heavy atom. The zero-order chi connectivity index (χ0) is 13.9. The number of halogens is 4. The Bertz CT molecular complexity index is 546. The molecule has 0 unspecified atom stereocenters. The Morgan fingerprint density at radius 3 is 2.44 bits per heavy atom. The Kier molecular flexibility index (Phi) is 4.09. The summed E-state index contributed by atoms with van der Waals surface area (Å²) < 4.78 is 37.8. The number of benzene rings is 1. The van der Waals surface area contributed by atoms with Crippen LogP contribution in [0.15, 0.2) is 12.1 Å². The van der Waals surface area contributed by atoms with E-state index in [0.29, 0.717) is 6.07 Å². The molecule has 0 N–H and O–H groups in total.